The molecule has 0 aromatic heterocycles. The van der Waals surface area contributed by atoms with Gasteiger partial charge in [0.15, 0.2) is 0 Å². The van der Waals surface area contributed by atoms with Crippen molar-refractivity contribution in [2.24, 2.45) is 5.10 Å². The van der Waals surface area contributed by atoms with Crippen molar-refractivity contribution < 1.29 is 9.59 Å². The normalized spacial score (nSPS) is 15.0. The number of nitrogens with zero attached hydrogens (tertiary/aromatic N) is 3. The van der Waals surface area contributed by atoms with Gasteiger partial charge < -0.3 is 5.32 Å². The van der Waals surface area contributed by atoms with Crippen LogP contribution in [0, 0.1) is 11.3 Å². The summed E-state index contributed by atoms with van der Waals surface area (Å²) in [5, 5.41) is 15.7. The Balaban J connectivity index is 2.63. The van der Waals surface area contributed by atoms with Crippen LogP contribution in [0.1, 0.15) is 12.8 Å². The Hall–Kier alpha value is -1.90. The van der Waals surface area contributed by atoms with Gasteiger partial charge in [-0.3, -0.25) is 9.59 Å². The van der Waals surface area contributed by atoms with E-state index in [0.717, 1.165) is 5.01 Å². The van der Waals surface area contributed by atoms with E-state index in [1.165, 1.54) is 7.05 Å². The number of nitriles is 1. The summed E-state index contributed by atoms with van der Waals surface area (Å²) < 4.78 is 0. The third kappa shape index (κ3) is 2.07. The fourth-order valence-corrected chi connectivity index (χ4v) is 1.07. The lowest BCUT2D eigenvalue weighted by atomic mass is 10.2. The molecule has 2 amide bonds. The molecule has 0 fully saturated rings. The Morgan fingerprint density at radius 2 is 2.50 bits per heavy atom. The SMILES string of the molecule is CNC(=O)C1=NN(CCC#N)C(=O)C1. The van der Waals surface area contributed by atoms with E-state index in [9.17, 15) is 9.59 Å². The van der Waals surface area contributed by atoms with Gasteiger partial charge >= 0.3 is 0 Å². The Labute approximate surface area is 81.2 Å². The standard InChI is InChI=1S/C8H10N4O2/c1-10-8(14)6-5-7(13)12(11-6)4-2-3-9/h2,4-5H2,1H3,(H,10,14). The number of hydrogen-bond donors (Lipinski definition) is 1. The molecule has 14 heavy (non-hydrogen) atoms. The topological polar surface area (TPSA) is 85.6 Å². The van der Waals surface area contributed by atoms with Crippen molar-refractivity contribution in [1.82, 2.24) is 10.3 Å². The molecule has 6 nitrogen and oxygen atoms in total. The monoisotopic (exact) mass is 194 g/mol. The summed E-state index contributed by atoms with van der Waals surface area (Å²) in [5.74, 6) is -0.586. The molecular formula is C8H10N4O2. The van der Waals surface area contributed by atoms with Gasteiger partial charge in [-0.2, -0.15) is 10.4 Å². The number of carbonyl (C=O) groups excluding carboxylic acids is 2. The zero-order valence-electron chi connectivity index (χ0n) is 7.78. The summed E-state index contributed by atoms with van der Waals surface area (Å²) in [5.41, 5.74) is 0.204. The van der Waals surface area contributed by atoms with Crippen LogP contribution in [-0.2, 0) is 9.59 Å². The van der Waals surface area contributed by atoms with Crippen LogP contribution in [0.25, 0.3) is 0 Å². The molecule has 0 atom stereocenters. The number of hydrazone groups is 1. The fourth-order valence-electron chi connectivity index (χ4n) is 1.07. The quantitative estimate of drug-likeness (QED) is 0.640. The molecule has 0 aromatic carbocycles. The molecule has 1 aliphatic rings. The van der Waals surface area contributed by atoms with Gasteiger partial charge in [-0.15, -0.1) is 0 Å². The van der Waals surface area contributed by atoms with Gasteiger partial charge in [0.1, 0.15) is 5.71 Å². The summed E-state index contributed by atoms with van der Waals surface area (Å²) >= 11 is 0. The first-order chi connectivity index (χ1) is 6.69. The van der Waals surface area contributed by atoms with Gasteiger partial charge in [0.05, 0.1) is 25.5 Å². The highest BCUT2D eigenvalue weighted by molar-refractivity contribution is 6.43. The zero-order valence-corrected chi connectivity index (χ0v) is 7.78. The van der Waals surface area contributed by atoms with E-state index in [2.05, 4.69) is 10.4 Å². The van der Waals surface area contributed by atoms with Gasteiger partial charge in [-0.05, 0) is 0 Å². The fraction of sp³-hybridized carbons (Fsp3) is 0.500. The van der Waals surface area contributed by atoms with E-state index >= 15 is 0 Å². The van der Waals surface area contributed by atoms with Crippen molar-refractivity contribution in [2.45, 2.75) is 12.8 Å². The third-order valence-corrected chi connectivity index (χ3v) is 1.77. The van der Waals surface area contributed by atoms with Crippen LogP contribution < -0.4 is 5.32 Å². The first-order valence-corrected chi connectivity index (χ1v) is 4.16. The van der Waals surface area contributed by atoms with E-state index in [1.807, 2.05) is 6.07 Å². The summed E-state index contributed by atoms with van der Waals surface area (Å²) in [4.78, 5) is 22.3. The van der Waals surface area contributed by atoms with Crippen molar-refractivity contribution in [2.75, 3.05) is 13.6 Å². The first kappa shape index (κ1) is 10.2. The van der Waals surface area contributed by atoms with Gasteiger partial charge in [-0.25, -0.2) is 5.01 Å². The van der Waals surface area contributed by atoms with E-state index in [0.29, 0.717) is 0 Å². The second kappa shape index (κ2) is 4.37. The van der Waals surface area contributed by atoms with Crippen LogP contribution in [-0.4, -0.2) is 36.1 Å². The molecule has 1 aliphatic heterocycles. The van der Waals surface area contributed by atoms with Crippen LogP contribution in [0.4, 0.5) is 0 Å². The molecule has 0 unspecified atom stereocenters. The van der Waals surface area contributed by atoms with Crippen LogP contribution >= 0.6 is 0 Å². The number of carbonyl (C=O) groups is 2. The molecular weight excluding hydrogens is 184 g/mol. The lowest BCUT2D eigenvalue weighted by Gasteiger charge is -2.07. The maximum atomic E-state index is 11.2. The Bertz CT molecular complexity index is 329. The molecule has 1 N–H and O–H groups in total. The van der Waals surface area contributed by atoms with E-state index in [1.54, 1.807) is 0 Å². The molecule has 0 saturated heterocycles. The Morgan fingerprint density at radius 1 is 1.79 bits per heavy atom. The van der Waals surface area contributed by atoms with Gasteiger partial charge in [0.2, 0.25) is 5.91 Å². The average Bonchev–Trinajstić information content (AvgIpc) is 2.56. The highest BCUT2D eigenvalue weighted by Gasteiger charge is 2.26. The Kier molecular flexibility index (Phi) is 3.18. The van der Waals surface area contributed by atoms with E-state index in [4.69, 9.17) is 5.26 Å². The molecule has 0 radical (unpaired) electrons. The Morgan fingerprint density at radius 3 is 3.07 bits per heavy atom. The van der Waals surface area contributed by atoms with E-state index in [-0.39, 0.29) is 36.9 Å². The second-order valence-electron chi connectivity index (χ2n) is 2.73. The maximum absolute atomic E-state index is 11.2. The summed E-state index contributed by atoms with van der Waals surface area (Å²) in [6.07, 6.45) is 0.237. The molecule has 6 heteroatoms. The van der Waals surface area contributed by atoms with Crippen molar-refractivity contribution >= 4 is 17.5 Å². The largest absolute Gasteiger partial charge is 0.354 e. The van der Waals surface area contributed by atoms with Crippen LogP contribution in [0.5, 0.6) is 0 Å². The van der Waals surface area contributed by atoms with Gasteiger partial charge in [0.25, 0.3) is 5.91 Å². The molecule has 0 spiro atoms. The molecule has 0 aromatic rings. The minimum absolute atomic E-state index is 0.0190. The lowest BCUT2D eigenvalue weighted by molar-refractivity contribution is -0.128. The summed E-state index contributed by atoms with van der Waals surface area (Å²) in [6, 6.07) is 1.91. The van der Waals surface area contributed by atoms with Crippen molar-refractivity contribution in [3.05, 3.63) is 0 Å². The number of rotatable bonds is 3. The van der Waals surface area contributed by atoms with Crippen LogP contribution in [0.2, 0.25) is 0 Å². The third-order valence-electron chi connectivity index (χ3n) is 1.77. The average molecular weight is 194 g/mol. The minimum atomic E-state index is -0.349. The van der Waals surface area contributed by atoms with Crippen molar-refractivity contribution in [1.29, 1.82) is 5.26 Å². The molecule has 74 valence electrons. The molecule has 0 aliphatic carbocycles. The van der Waals surface area contributed by atoms with Crippen LogP contribution in [0.3, 0.4) is 0 Å². The second-order valence-corrected chi connectivity index (χ2v) is 2.73. The molecule has 1 heterocycles. The van der Waals surface area contributed by atoms with Crippen LogP contribution in [0.15, 0.2) is 5.10 Å². The van der Waals surface area contributed by atoms with Crippen molar-refractivity contribution in [3.8, 4) is 6.07 Å². The van der Waals surface area contributed by atoms with Gasteiger partial charge in [-0.1, -0.05) is 0 Å². The first-order valence-electron chi connectivity index (χ1n) is 4.16. The van der Waals surface area contributed by atoms with Crippen molar-refractivity contribution in [3.63, 3.8) is 0 Å². The molecule has 1 rings (SSSR count). The maximum Gasteiger partial charge on any atom is 0.267 e. The highest BCUT2D eigenvalue weighted by Crippen LogP contribution is 2.08. The summed E-state index contributed by atoms with van der Waals surface area (Å²) in [6.45, 7) is 0.246. The minimum Gasteiger partial charge on any atom is -0.354 e. The highest BCUT2D eigenvalue weighted by atomic mass is 16.2. The number of hydrogen-bond acceptors (Lipinski definition) is 4. The predicted molar refractivity (Wildman–Crippen MR) is 48.1 cm³/mol. The predicted octanol–water partition coefficient (Wildman–Crippen LogP) is -0.766. The number of nitrogens with one attached hydrogen (secondary N) is 1. The van der Waals surface area contributed by atoms with E-state index < -0.39 is 0 Å². The van der Waals surface area contributed by atoms with Gasteiger partial charge in [0, 0.05) is 7.05 Å². The number of amides is 2. The molecule has 0 saturated carbocycles. The smallest absolute Gasteiger partial charge is 0.267 e. The lowest BCUT2D eigenvalue weighted by Crippen LogP contribution is -2.26. The zero-order chi connectivity index (χ0) is 10.6. The summed E-state index contributed by atoms with van der Waals surface area (Å²) in [7, 11) is 1.48. The molecule has 0 bridgehead atoms.